The number of aromatic nitrogens is 1. The van der Waals surface area contributed by atoms with Gasteiger partial charge in [0.15, 0.2) is 0 Å². The van der Waals surface area contributed by atoms with E-state index in [-0.39, 0.29) is 6.03 Å². The fraction of sp³-hybridized carbons (Fsp3) is 0.364. The summed E-state index contributed by atoms with van der Waals surface area (Å²) < 4.78 is 1.25. The molecule has 2 unspecified atom stereocenters. The van der Waals surface area contributed by atoms with Crippen molar-refractivity contribution < 1.29 is 4.79 Å². The number of rotatable bonds is 4. The Kier molecular flexibility index (Phi) is 4.53. The summed E-state index contributed by atoms with van der Waals surface area (Å²) in [6.07, 6.45) is 0.885. The molecule has 0 saturated carbocycles. The van der Waals surface area contributed by atoms with Gasteiger partial charge in [-0.1, -0.05) is 36.4 Å². The molecule has 2 aromatic carbocycles. The van der Waals surface area contributed by atoms with Crippen LogP contribution in [0.2, 0.25) is 0 Å². The molecule has 0 spiro atoms. The lowest BCUT2D eigenvalue weighted by molar-refractivity contribution is 0.208. The number of likely N-dealkylation sites (tertiary alicyclic amines) is 2. The number of thiazole rings is 1. The van der Waals surface area contributed by atoms with Gasteiger partial charge in [0.25, 0.3) is 0 Å². The molecule has 2 fully saturated rings. The highest BCUT2D eigenvalue weighted by molar-refractivity contribution is 7.18. The van der Waals surface area contributed by atoms with Gasteiger partial charge in [-0.05, 0) is 35.1 Å². The van der Waals surface area contributed by atoms with E-state index in [0.29, 0.717) is 11.8 Å². The average Bonchev–Trinajstić information content (AvgIpc) is 3.35. The number of carbonyl (C=O) groups is 1. The molecule has 0 bridgehead atoms. The maximum absolute atomic E-state index is 11.3. The molecule has 2 amide bonds. The smallest absolute Gasteiger partial charge is 0.314 e. The van der Waals surface area contributed by atoms with Crippen molar-refractivity contribution in [2.75, 3.05) is 26.2 Å². The van der Waals surface area contributed by atoms with Gasteiger partial charge in [-0.2, -0.15) is 0 Å². The number of carbonyl (C=O) groups excluding carboxylic acids is 1. The van der Waals surface area contributed by atoms with Crippen LogP contribution in [0.4, 0.5) is 4.79 Å². The minimum absolute atomic E-state index is 0.273. The van der Waals surface area contributed by atoms with Gasteiger partial charge in [0, 0.05) is 39.1 Å². The average molecular weight is 393 g/mol. The summed E-state index contributed by atoms with van der Waals surface area (Å²) >= 11 is 1.78. The van der Waals surface area contributed by atoms with Crippen LogP contribution in [0.1, 0.15) is 16.1 Å². The van der Waals surface area contributed by atoms with Gasteiger partial charge in [0.2, 0.25) is 0 Å². The second-order valence-corrected chi connectivity index (χ2v) is 9.14. The summed E-state index contributed by atoms with van der Waals surface area (Å²) in [5.41, 5.74) is 9.16. The number of benzene rings is 2. The Morgan fingerprint density at radius 1 is 1.00 bits per heavy atom. The van der Waals surface area contributed by atoms with E-state index >= 15 is 0 Å². The summed E-state index contributed by atoms with van der Waals surface area (Å²) in [5.74, 6) is 1.15. The molecule has 0 radical (unpaired) electrons. The van der Waals surface area contributed by atoms with Gasteiger partial charge in [-0.3, -0.25) is 4.90 Å². The zero-order valence-electron chi connectivity index (χ0n) is 15.8. The van der Waals surface area contributed by atoms with Crippen molar-refractivity contribution in [2.24, 2.45) is 17.6 Å². The highest BCUT2D eigenvalue weighted by Gasteiger charge is 2.40. The lowest BCUT2D eigenvalue weighted by atomic mass is 10.0. The summed E-state index contributed by atoms with van der Waals surface area (Å²) in [5, 5.41) is 1.17. The van der Waals surface area contributed by atoms with Gasteiger partial charge in [-0.15, -0.1) is 11.3 Å². The van der Waals surface area contributed by atoms with E-state index in [0.717, 1.165) is 44.7 Å². The fourth-order valence-electron chi connectivity index (χ4n) is 4.59. The molecule has 144 valence electrons. The maximum atomic E-state index is 11.3. The second kappa shape index (κ2) is 7.18. The first-order valence-electron chi connectivity index (χ1n) is 9.83. The Bertz CT molecular complexity index is 952. The third kappa shape index (κ3) is 3.50. The minimum Gasteiger partial charge on any atom is -0.351 e. The third-order valence-corrected chi connectivity index (χ3v) is 7.03. The van der Waals surface area contributed by atoms with E-state index < -0.39 is 0 Å². The summed E-state index contributed by atoms with van der Waals surface area (Å²) in [6, 6.07) is 17.0. The Morgan fingerprint density at radius 2 is 1.68 bits per heavy atom. The van der Waals surface area contributed by atoms with Crippen LogP contribution in [0, 0.1) is 11.8 Å². The lowest BCUT2D eigenvalue weighted by Crippen LogP contribution is -2.36. The van der Waals surface area contributed by atoms with Crippen LogP contribution in [-0.4, -0.2) is 47.0 Å². The zero-order chi connectivity index (χ0) is 19.1. The molecule has 1 aromatic heterocycles. The molecule has 0 aliphatic carbocycles. The maximum Gasteiger partial charge on any atom is 0.314 e. The highest BCUT2D eigenvalue weighted by Crippen LogP contribution is 2.31. The number of amides is 2. The van der Waals surface area contributed by atoms with E-state index in [1.807, 2.05) is 6.07 Å². The first-order chi connectivity index (χ1) is 13.6. The number of hydrogen-bond donors (Lipinski definition) is 1. The van der Waals surface area contributed by atoms with Crippen molar-refractivity contribution in [2.45, 2.75) is 13.0 Å². The van der Waals surface area contributed by atoms with E-state index in [9.17, 15) is 4.79 Å². The number of nitrogens with zero attached hydrogens (tertiary/aromatic N) is 3. The van der Waals surface area contributed by atoms with Crippen LogP contribution in [0.5, 0.6) is 0 Å². The molecule has 5 nitrogen and oxygen atoms in total. The molecule has 3 heterocycles. The molecule has 2 saturated heterocycles. The van der Waals surface area contributed by atoms with Gasteiger partial charge >= 0.3 is 6.03 Å². The molecule has 6 heteroatoms. The SMILES string of the molecule is NC(=O)N1CC2CN(Cc3ccc(Cc4nc5ccccc5s4)cc3)CC2C1. The van der Waals surface area contributed by atoms with Gasteiger partial charge in [0.05, 0.1) is 15.2 Å². The quantitative estimate of drug-likeness (QED) is 0.741. The van der Waals surface area contributed by atoms with Crippen molar-refractivity contribution >= 4 is 27.6 Å². The van der Waals surface area contributed by atoms with Crippen molar-refractivity contribution in [3.8, 4) is 0 Å². The van der Waals surface area contributed by atoms with Crippen molar-refractivity contribution in [1.82, 2.24) is 14.8 Å². The summed E-state index contributed by atoms with van der Waals surface area (Å²) in [4.78, 5) is 20.4. The number of nitrogens with two attached hydrogens (primary N) is 1. The molecule has 2 N–H and O–H groups in total. The predicted octanol–water partition coefficient (Wildman–Crippen LogP) is 3.33. The number of fused-ring (bicyclic) bond motifs is 2. The Hall–Kier alpha value is -2.44. The topological polar surface area (TPSA) is 62.5 Å². The largest absolute Gasteiger partial charge is 0.351 e. The fourth-order valence-corrected chi connectivity index (χ4v) is 5.59. The first kappa shape index (κ1) is 17.6. The molecule has 28 heavy (non-hydrogen) atoms. The molecule has 2 atom stereocenters. The van der Waals surface area contributed by atoms with E-state index in [4.69, 9.17) is 10.7 Å². The van der Waals surface area contributed by atoms with E-state index in [1.165, 1.54) is 20.8 Å². The highest BCUT2D eigenvalue weighted by atomic mass is 32.1. The number of hydrogen-bond acceptors (Lipinski definition) is 4. The predicted molar refractivity (Wildman–Crippen MR) is 112 cm³/mol. The van der Waals surface area contributed by atoms with Crippen LogP contribution in [-0.2, 0) is 13.0 Å². The van der Waals surface area contributed by atoms with Gasteiger partial charge < -0.3 is 10.6 Å². The van der Waals surface area contributed by atoms with Crippen molar-refractivity contribution in [3.63, 3.8) is 0 Å². The monoisotopic (exact) mass is 392 g/mol. The van der Waals surface area contributed by atoms with Crippen LogP contribution < -0.4 is 5.73 Å². The third-order valence-electron chi connectivity index (χ3n) is 6.00. The molecule has 5 rings (SSSR count). The summed E-state index contributed by atoms with van der Waals surface area (Å²) in [7, 11) is 0. The minimum atomic E-state index is -0.273. The van der Waals surface area contributed by atoms with Crippen LogP contribution in [0.3, 0.4) is 0 Å². The number of urea groups is 1. The Labute approximate surface area is 168 Å². The molecular weight excluding hydrogens is 368 g/mol. The van der Waals surface area contributed by atoms with Gasteiger partial charge in [0.1, 0.15) is 0 Å². The second-order valence-electron chi connectivity index (χ2n) is 8.03. The molecule has 2 aliphatic rings. The summed E-state index contributed by atoms with van der Waals surface area (Å²) in [6.45, 7) is 4.73. The first-order valence-corrected chi connectivity index (χ1v) is 10.6. The standard InChI is InChI=1S/C22H24N4OS/c23-22(27)26-13-17-11-25(12-18(17)14-26)10-16-7-5-15(6-8-16)9-21-24-19-3-1-2-4-20(19)28-21/h1-8,17-18H,9-14H2,(H2,23,27). The van der Waals surface area contributed by atoms with Crippen LogP contribution in [0.15, 0.2) is 48.5 Å². The zero-order valence-corrected chi connectivity index (χ0v) is 16.6. The number of primary amides is 1. The van der Waals surface area contributed by atoms with Crippen molar-refractivity contribution in [1.29, 1.82) is 0 Å². The Balaban J connectivity index is 1.19. The van der Waals surface area contributed by atoms with Crippen molar-refractivity contribution in [3.05, 3.63) is 64.7 Å². The van der Waals surface area contributed by atoms with Crippen LogP contribution in [0.25, 0.3) is 10.2 Å². The molecular formula is C22H24N4OS. The van der Waals surface area contributed by atoms with E-state index in [2.05, 4.69) is 47.4 Å². The number of para-hydroxylation sites is 1. The van der Waals surface area contributed by atoms with E-state index in [1.54, 1.807) is 16.2 Å². The molecule has 2 aliphatic heterocycles. The van der Waals surface area contributed by atoms with Gasteiger partial charge in [-0.25, -0.2) is 9.78 Å². The Morgan fingerprint density at radius 3 is 2.36 bits per heavy atom. The normalized spacial score (nSPS) is 22.1. The molecule has 3 aromatic rings. The lowest BCUT2D eigenvalue weighted by Gasteiger charge is -2.20. The van der Waals surface area contributed by atoms with Crippen LogP contribution >= 0.6 is 11.3 Å².